The third-order valence-electron chi connectivity index (χ3n) is 3.66. The van der Waals surface area contributed by atoms with Gasteiger partial charge in [-0.3, -0.25) is 14.5 Å². The highest BCUT2D eigenvalue weighted by Crippen LogP contribution is 2.16. The summed E-state index contributed by atoms with van der Waals surface area (Å²) < 4.78 is 12.9. The lowest BCUT2D eigenvalue weighted by molar-refractivity contribution is -0.126. The second kappa shape index (κ2) is 7.74. The van der Waals surface area contributed by atoms with E-state index in [2.05, 4.69) is 15.5 Å². The van der Waals surface area contributed by atoms with E-state index in [9.17, 15) is 14.0 Å². The maximum Gasteiger partial charge on any atom is 0.239 e. The SMILES string of the molecule is CNC(=O)CNC(=O)CN1CCN(c2ccc(F)cc2)CC1. The van der Waals surface area contributed by atoms with Crippen molar-refractivity contribution in [3.8, 4) is 0 Å². The lowest BCUT2D eigenvalue weighted by Gasteiger charge is -2.35. The van der Waals surface area contributed by atoms with E-state index in [0.29, 0.717) is 0 Å². The molecule has 0 aromatic heterocycles. The summed E-state index contributed by atoms with van der Waals surface area (Å²) in [6.45, 7) is 3.37. The number of carbonyl (C=O) groups excluding carboxylic acids is 2. The predicted octanol–water partition coefficient (Wildman–Crippen LogP) is -0.190. The Kier molecular flexibility index (Phi) is 5.71. The molecule has 1 aliphatic heterocycles. The van der Waals surface area contributed by atoms with E-state index in [1.807, 2.05) is 4.90 Å². The minimum atomic E-state index is -0.241. The van der Waals surface area contributed by atoms with Crippen LogP contribution in [-0.4, -0.2) is 63.0 Å². The number of piperazine rings is 1. The lowest BCUT2D eigenvalue weighted by atomic mass is 10.2. The number of rotatable bonds is 5. The standard InChI is InChI=1S/C15H21FN4O2/c1-17-14(21)10-18-15(22)11-19-6-8-20(9-7-19)13-4-2-12(16)3-5-13/h2-5H,6-11H2,1H3,(H,17,21)(H,18,22). The number of halogens is 1. The van der Waals surface area contributed by atoms with Crippen LogP contribution in [0.4, 0.5) is 10.1 Å². The molecular weight excluding hydrogens is 287 g/mol. The Labute approximate surface area is 129 Å². The van der Waals surface area contributed by atoms with E-state index in [1.54, 1.807) is 12.1 Å². The van der Waals surface area contributed by atoms with E-state index < -0.39 is 0 Å². The van der Waals surface area contributed by atoms with Crippen molar-refractivity contribution in [3.05, 3.63) is 30.1 Å². The summed E-state index contributed by atoms with van der Waals surface area (Å²) in [4.78, 5) is 27.0. The fourth-order valence-electron chi connectivity index (χ4n) is 2.34. The van der Waals surface area contributed by atoms with Crippen LogP contribution in [0.2, 0.25) is 0 Å². The topological polar surface area (TPSA) is 64.7 Å². The number of hydrogen-bond acceptors (Lipinski definition) is 4. The number of likely N-dealkylation sites (N-methyl/N-ethyl adjacent to an activating group) is 1. The zero-order valence-electron chi connectivity index (χ0n) is 12.6. The molecule has 7 heteroatoms. The van der Waals surface area contributed by atoms with Crippen LogP contribution in [0.1, 0.15) is 0 Å². The zero-order chi connectivity index (χ0) is 15.9. The number of amides is 2. The van der Waals surface area contributed by atoms with Gasteiger partial charge in [0.1, 0.15) is 5.82 Å². The summed E-state index contributed by atoms with van der Waals surface area (Å²) in [7, 11) is 1.53. The second-order valence-electron chi connectivity index (χ2n) is 5.19. The van der Waals surface area contributed by atoms with Crippen LogP contribution in [0, 0.1) is 5.82 Å². The van der Waals surface area contributed by atoms with Gasteiger partial charge >= 0.3 is 0 Å². The first-order valence-corrected chi connectivity index (χ1v) is 7.28. The van der Waals surface area contributed by atoms with Crippen molar-refractivity contribution < 1.29 is 14.0 Å². The normalized spacial score (nSPS) is 15.5. The maximum absolute atomic E-state index is 12.9. The summed E-state index contributed by atoms with van der Waals surface area (Å²) in [6.07, 6.45) is 0. The van der Waals surface area contributed by atoms with Gasteiger partial charge in [0.05, 0.1) is 13.1 Å². The molecular formula is C15H21FN4O2. The highest BCUT2D eigenvalue weighted by molar-refractivity contribution is 5.85. The second-order valence-corrected chi connectivity index (χ2v) is 5.19. The Balaban J connectivity index is 1.74. The first-order chi connectivity index (χ1) is 10.6. The van der Waals surface area contributed by atoms with Gasteiger partial charge in [0.15, 0.2) is 0 Å². The molecule has 1 aromatic carbocycles. The summed E-state index contributed by atoms with van der Waals surface area (Å²) in [5, 5.41) is 5.03. The van der Waals surface area contributed by atoms with E-state index in [-0.39, 0.29) is 30.7 Å². The van der Waals surface area contributed by atoms with Crippen molar-refractivity contribution in [1.82, 2.24) is 15.5 Å². The average molecular weight is 308 g/mol. The van der Waals surface area contributed by atoms with Crippen LogP contribution < -0.4 is 15.5 Å². The van der Waals surface area contributed by atoms with Crippen molar-refractivity contribution in [3.63, 3.8) is 0 Å². The summed E-state index contributed by atoms with van der Waals surface area (Å²) in [5.74, 6) is -0.608. The number of hydrogen-bond donors (Lipinski definition) is 2. The van der Waals surface area contributed by atoms with Gasteiger partial charge in [-0.2, -0.15) is 0 Å². The van der Waals surface area contributed by atoms with Crippen LogP contribution in [0.3, 0.4) is 0 Å². The molecule has 6 nitrogen and oxygen atoms in total. The number of anilines is 1. The van der Waals surface area contributed by atoms with Gasteiger partial charge < -0.3 is 15.5 Å². The van der Waals surface area contributed by atoms with E-state index in [0.717, 1.165) is 31.9 Å². The van der Waals surface area contributed by atoms with Gasteiger partial charge in [-0.15, -0.1) is 0 Å². The summed E-state index contributed by atoms with van der Waals surface area (Å²) in [5.41, 5.74) is 0.991. The Morgan fingerprint density at radius 1 is 1.09 bits per heavy atom. The van der Waals surface area contributed by atoms with E-state index in [1.165, 1.54) is 19.2 Å². The zero-order valence-corrected chi connectivity index (χ0v) is 12.6. The smallest absolute Gasteiger partial charge is 0.239 e. The average Bonchev–Trinajstić information content (AvgIpc) is 2.54. The van der Waals surface area contributed by atoms with Gasteiger partial charge in [-0.05, 0) is 24.3 Å². The van der Waals surface area contributed by atoms with Crippen LogP contribution in [-0.2, 0) is 9.59 Å². The molecule has 0 radical (unpaired) electrons. The van der Waals surface area contributed by atoms with Crippen molar-refractivity contribution in [2.45, 2.75) is 0 Å². The lowest BCUT2D eigenvalue weighted by Crippen LogP contribution is -2.50. The Morgan fingerprint density at radius 3 is 2.32 bits per heavy atom. The summed E-state index contributed by atoms with van der Waals surface area (Å²) >= 11 is 0. The number of carbonyl (C=O) groups is 2. The van der Waals surface area contributed by atoms with Gasteiger partial charge in [0, 0.05) is 38.9 Å². The molecule has 0 atom stereocenters. The molecule has 0 bridgehead atoms. The van der Waals surface area contributed by atoms with Gasteiger partial charge in [-0.1, -0.05) is 0 Å². The molecule has 1 fully saturated rings. The molecule has 0 unspecified atom stereocenters. The third kappa shape index (κ3) is 4.70. The Bertz CT molecular complexity index is 513. The van der Waals surface area contributed by atoms with Gasteiger partial charge in [-0.25, -0.2) is 4.39 Å². The van der Waals surface area contributed by atoms with Crippen LogP contribution in [0.25, 0.3) is 0 Å². The van der Waals surface area contributed by atoms with Crippen molar-refractivity contribution in [1.29, 1.82) is 0 Å². The number of nitrogens with one attached hydrogen (secondary N) is 2. The molecule has 1 heterocycles. The van der Waals surface area contributed by atoms with Crippen LogP contribution >= 0.6 is 0 Å². The first kappa shape index (κ1) is 16.2. The van der Waals surface area contributed by atoms with Crippen molar-refractivity contribution >= 4 is 17.5 Å². The molecule has 120 valence electrons. The molecule has 22 heavy (non-hydrogen) atoms. The highest BCUT2D eigenvalue weighted by atomic mass is 19.1. The predicted molar refractivity (Wildman–Crippen MR) is 82.1 cm³/mol. The fraction of sp³-hybridized carbons (Fsp3) is 0.467. The maximum atomic E-state index is 12.9. The molecule has 0 aliphatic carbocycles. The molecule has 2 N–H and O–H groups in total. The molecule has 0 spiro atoms. The minimum Gasteiger partial charge on any atom is -0.369 e. The van der Waals surface area contributed by atoms with Gasteiger partial charge in [0.2, 0.25) is 11.8 Å². The fourth-order valence-corrected chi connectivity index (χ4v) is 2.34. The molecule has 1 saturated heterocycles. The van der Waals surface area contributed by atoms with Crippen molar-refractivity contribution in [2.24, 2.45) is 0 Å². The Morgan fingerprint density at radius 2 is 1.73 bits per heavy atom. The minimum absolute atomic E-state index is 0.00484. The molecule has 2 rings (SSSR count). The quantitative estimate of drug-likeness (QED) is 0.791. The first-order valence-electron chi connectivity index (χ1n) is 7.28. The molecule has 1 aliphatic rings. The summed E-state index contributed by atoms with van der Waals surface area (Å²) in [6, 6.07) is 6.43. The van der Waals surface area contributed by atoms with E-state index >= 15 is 0 Å². The number of benzene rings is 1. The van der Waals surface area contributed by atoms with Gasteiger partial charge in [0.25, 0.3) is 0 Å². The molecule has 2 amide bonds. The van der Waals surface area contributed by atoms with E-state index in [4.69, 9.17) is 0 Å². The highest BCUT2D eigenvalue weighted by Gasteiger charge is 2.19. The Hall–Kier alpha value is -2.15. The van der Waals surface area contributed by atoms with Crippen LogP contribution in [0.15, 0.2) is 24.3 Å². The third-order valence-corrected chi connectivity index (χ3v) is 3.66. The number of nitrogens with zero attached hydrogens (tertiary/aromatic N) is 2. The van der Waals surface area contributed by atoms with Crippen molar-refractivity contribution in [2.75, 3.05) is 51.2 Å². The monoisotopic (exact) mass is 308 g/mol. The molecule has 0 saturated carbocycles. The van der Waals surface area contributed by atoms with Crippen LogP contribution in [0.5, 0.6) is 0 Å². The molecule has 1 aromatic rings. The largest absolute Gasteiger partial charge is 0.369 e.